The summed E-state index contributed by atoms with van der Waals surface area (Å²) in [4.78, 5) is 32.0. The van der Waals surface area contributed by atoms with Crippen LogP contribution in [0.1, 0.15) is 108 Å². The average molecular weight is 823 g/mol. The summed E-state index contributed by atoms with van der Waals surface area (Å²) in [5.41, 5.74) is 19.3. The van der Waals surface area contributed by atoms with E-state index in [4.69, 9.17) is 31.3 Å². The van der Waals surface area contributed by atoms with Crippen molar-refractivity contribution < 1.29 is 19.7 Å². The van der Waals surface area contributed by atoms with Crippen LogP contribution in [-0.2, 0) is 4.74 Å². The molecule has 4 saturated carbocycles. The van der Waals surface area contributed by atoms with E-state index in [-0.39, 0.29) is 39.6 Å². The second-order valence-electron chi connectivity index (χ2n) is 18.8. The van der Waals surface area contributed by atoms with Crippen LogP contribution in [0.2, 0.25) is 0 Å². The van der Waals surface area contributed by atoms with Crippen molar-refractivity contribution >= 4 is 49.8 Å². The molecule has 8 rings (SSSR count). The maximum absolute atomic E-state index is 12.9. The number of thiazole rings is 1. The zero-order valence-electron chi connectivity index (χ0n) is 35.7. The van der Waals surface area contributed by atoms with Gasteiger partial charge in [-0.3, -0.25) is 4.99 Å². The number of nitrogens with two attached hydrogens (primary N) is 2. The van der Waals surface area contributed by atoms with Crippen molar-refractivity contribution in [2.24, 2.45) is 38.1 Å². The number of para-hydroxylation sites is 1. The van der Waals surface area contributed by atoms with E-state index >= 15 is 0 Å². The minimum Gasteiger partial charge on any atom is -0.476 e. The summed E-state index contributed by atoms with van der Waals surface area (Å²) < 4.78 is 7.97. The molecule has 12 nitrogen and oxygen atoms in total. The van der Waals surface area contributed by atoms with Gasteiger partial charge in [0.25, 0.3) is 0 Å². The minimum absolute atomic E-state index is 0.0378. The number of carbonyl (C=O) groups is 1. The van der Waals surface area contributed by atoms with E-state index < -0.39 is 5.97 Å². The summed E-state index contributed by atoms with van der Waals surface area (Å²) in [6.45, 7) is 15.2. The lowest BCUT2D eigenvalue weighted by atomic mass is 9.25. The lowest BCUT2D eigenvalue weighted by Crippen LogP contribution is -2.82. The predicted molar refractivity (Wildman–Crippen MR) is 237 cm³/mol. The largest absolute Gasteiger partial charge is 0.476 e. The fourth-order valence-electron chi connectivity index (χ4n) is 13.1. The van der Waals surface area contributed by atoms with Gasteiger partial charge in [0.1, 0.15) is 11.6 Å². The molecule has 1 aliphatic heterocycles. The summed E-state index contributed by atoms with van der Waals surface area (Å²) in [5, 5.41) is 23.7. The van der Waals surface area contributed by atoms with Crippen molar-refractivity contribution in [3.8, 4) is 0 Å². The molecule has 5 aliphatic rings. The molecule has 4 fully saturated rings. The van der Waals surface area contributed by atoms with Gasteiger partial charge in [0.05, 0.1) is 22.4 Å². The lowest BCUT2D eigenvalue weighted by molar-refractivity contribution is -0.397. The van der Waals surface area contributed by atoms with Crippen LogP contribution in [0.3, 0.4) is 0 Å². The van der Waals surface area contributed by atoms with Crippen LogP contribution in [0.15, 0.2) is 70.3 Å². The number of nitrogens with one attached hydrogen (secondary N) is 1. The molecule has 1 aromatic carbocycles. The third-order valence-electron chi connectivity index (χ3n) is 15.1. The van der Waals surface area contributed by atoms with Crippen LogP contribution >= 0.6 is 11.3 Å². The molecule has 13 heteroatoms. The Kier molecular flexibility index (Phi) is 10.8. The molecule has 0 amide bonds. The third kappa shape index (κ3) is 6.67. The first-order valence-corrected chi connectivity index (χ1v) is 22.1. The first-order valence-electron chi connectivity index (χ1n) is 21.3. The van der Waals surface area contributed by atoms with Crippen LogP contribution < -0.4 is 21.7 Å². The molecule has 7 N–H and O–H groups in total. The first-order chi connectivity index (χ1) is 28.1. The van der Waals surface area contributed by atoms with Crippen molar-refractivity contribution in [1.29, 1.82) is 0 Å². The topological polar surface area (TPSA) is 175 Å². The predicted octanol–water partition coefficient (Wildman–Crippen LogP) is 7.78. The molecule has 59 heavy (non-hydrogen) atoms. The number of nitrogens with zero attached hydrogens (tertiary/aromatic N) is 5. The Labute approximate surface area is 352 Å². The van der Waals surface area contributed by atoms with E-state index in [0.29, 0.717) is 35.9 Å². The van der Waals surface area contributed by atoms with E-state index in [2.05, 4.69) is 41.0 Å². The summed E-state index contributed by atoms with van der Waals surface area (Å²) in [6, 6.07) is 11.7. The molecule has 1 spiro atoms. The third-order valence-corrected chi connectivity index (χ3v) is 16.0. The van der Waals surface area contributed by atoms with Gasteiger partial charge in [0.15, 0.2) is 10.8 Å². The Bertz CT molecular complexity index is 2220. The molecular formula is C46H62N8O4S. The van der Waals surface area contributed by atoms with Gasteiger partial charge in [-0.1, -0.05) is 37.3 Å². The van der Waals surface area contributed by atoms with Crippen molar-refractivity contribution in [3.05, 3.63) is 76.5 Å². The fraction of sp³-hybridized carbons (Fsp3) is 0.565. The number of aromatic nitrogens is 2. The highest BCUT2D eigenvalue weighted by molar-refractivity contribution is 7.22. The molecule has 316 valence electrons. The number of carboxylic acid groups (broad SMARTS) is 1. The average Bonchev–Trinajstić information content (AvgIpc) is 3.80. The number of allylic oxidation sites excluding steroid dienone is 4. The zero-order chi connectivity index (χ0) is 42.0. The van der Waals surface area contributed by atoms with E-state index in [0.717, 1.165) is 115 Å². The number of carboxylic acids is 1. The highest BCUT2D eigenvalue weighted by atomic mass is 32.1. The number of aliphatic imine (C=N–C) groups is 1. The molecule has 2 bridgehead atoms. The molecular weight excluding hydrogens is 761 g/mol. The number of fused-ring (bicyclic) bond motifs is 2. The number of anilines is 2. The van der Waals surface area contributed by atoms with E-state index in [9.17, 15) is 9.90 Å². The number of pyridine rings is 1. The number of likely N-dealkylation sites (N-methyl/N-ethyl adjacent to an activating group) is 1. The molecule has 2 unspecified atom stereocenters. The first kappa shape index (κ1) is 41.4. The van der Waals surface area contributed by atoms with E-state index in [1.165, 1.54) is 6.20 Å². The SMILES string of the molecule is CC(=NCC12CC3(C)CC4(OCCN(C)CCCCO)CC(C)(C1)C34C2)C(=CN)c1ccc(N2CCCC(/C(C)=C(\N)Nc3nc4ccccc4s3)=C2C)nc1C(=O)O. The molecule has 0 radical (unpaired) electrons. The van der Waals surface area contributed by atoms with Gasteiger partial charge in [0.2, 0.25) is 0 Å². The smallest absolute Gasteiger partial charge is 0.355 e. The second-order valence-corrected chi connectivity index (χ2v) is 19.8. The van der Waals surface area contributed by atoms with Gasteiger partial charge in [-0.15, -0.1) is 0 Å². The number of rotatable bonds is 17. The molecule has 3 aromatic rings. The molecule has 2 aromatic heterocycles. The maximum Gasteiger partial charge on any atom is 0.355 e. The Morgan fingerprint density at radius 1 is 1.07 bits per heavy atom. The molecule has 2 atom stereocenters. The van der Waals surface area contributed by atoms with Crippen LogP contribution in [0, 0.1) is 21.7 Å². The van der Waals surface area contributed by atoms with Crippen LogP contribution in [0.5, 0.6) is 0 Å². The highest BCUT2D eigenvalue weighted by Crippen LogP contribution is 2.95. The summed E-state index contributed by atoms with van der Waals surface area (Å²) in [7, 11) is 2.14. The van der Waals surface area contributed by atoms with Crippen molar-refractivity contribution in [2.75, 3.05) is 56.7 Å². The molecule has 0 saturated heterocycles. The minimum atomic E-state index is -1.11. The van der Waals surface area contributed by atoms with Crippen LogP contribution in [0.25, 0.3) is 15.8 Å². The van der Waals surface area contributed by atoms with E-state index in [1.807, 2.05) is 57.2 Å². The van der Waals surface area contributed by atoms with Gasteiger partial charge in [-0.25, -0.2) is 14.8 Å². The number of hydrogen-bond acceptors (Lipinski definition) is 12. The van der Waals surface area contributed by atoms with Gasteiger partial charge >= 0.3 is 5.97 Å². The maximum atomic E-state index is 12.9. The number of aliphatic hydroxyl groups excluding tert-OH is 1. The Balaban J connectivity index is 0.976. The number of ether oxygens (including phenoxy) is 1. The second kappa shape index (κ2) is 15.3. The lowest BCUT2D eigenvalue weighted by Gasteiger charge is -2.82. The number of benzene rings is 1. The Hall–Kier alpha value is -4.30. The van der Waals surface area contributed by atoms with Gasteiger partial charge in [-0.05, 0) is 144 Å². The van der Waals surface area contributed by atoms with Crippen LogP contribution in [0.4, 0.5) is 10.9 Å². The quantitative estimate of drug-likeness (QED) is 0.0664. The Morgan fingerprint density at radius 3 is 2.51 bits per heavy atom. The van der Waals surface area contributed by atoms with Crippen molar-refractivity contribution in [2.45, 2.75) is 98.0 Å². The molecule has 4 aliphatic carbocycles. The number of hydrogen-bond donors (Lipinski definition) is 5. The monoisotopic (exact) mass is 822 g/mol. The number of aliphatic hydroxyl groups is 1. The number of aromatic carboxylic acids is 1. The van der Waals surface area contributed by atoms with Gasteiger partial charge in [0, 0.05) is 60.4 Å². The van der Waals surface area contributed by atoms with E-state index in [1.54, 1.807) is 11.3 Å². The highest BCUT2D eigenvalue weighted by Gasteiger charge is 2.93. The zero-order valence-corrected chi connectivity index (χ0v) is 36.5. The van der Waals surface area contributed by atoms with Gasteiger partial charge < -0.3 is 41.5 Å². The summed E-state index contributed by atoms with van der Waals surface area (Å²) in [6.07, 6.45) is 10.6. The van der Waals surface area contributed by atoms with Gasteiger partial charge in [-0.2, -0.15) is 0 Å². The summed E-state index contributed by atoms with van der Waals surface area (Å²) >= 11 is 1.56. The van der Waals surface area contributed by atoms with Crippen LogP contribution in [-0.4, -0.2) is 88.8 Å². The molecule has 3 heterocycles. The van der Waals surface area contributed by atoms with Crippen molar-refractivity contribution in [1.82, 2.24) is 14.9 Å². The fourth-order valence-corrected chi connectivity index (χ4v) is 14.0. The normalized spacial score (nSPS) is 30.4. The summed E-state index contributed by atoms with van der Waals surface area (Å²) in [5.74, 6) is -0.00367. The van der Waals surface area contributed by atoms with Crippen molar-refractivity contribution in [3.63, 3.8) is 0 Å². The number of unbranched alkanes of at least 4 members (excludes halogenated alkanes) is 1. The Morgan fingerprint density at radius 2 is 1.81 bits per heavy atom. The standard InChI is InChI=1S/C46H62N8O4S/c1-29(39(48)52-41-50-35-13-7-8-14-36(35)59-41)32-12-11-18-54(31(32)3)37-16-15-33(38(51-37)40(56)57)34(22-47)30(2)49-28-44-23-42(4)25-45(26-43(5,24-44)46(42,45)27-44)58-21-19-53(6)17-9-10-20-55/h7-8,13-16,22,55H,9-12,17-21,23-28,47-48H2,1-6H3,(H,50,52)(H,56,57)/b34-22?,39-29+,49-30?.